The molecule has 1 aliphatic heterocycles. The molecule has 0 radical (unpaired) electrons. The summed E-state index contributed by atoms with van der Waals surface area (Å²) in [5.74, 6) is -0.0661. The zero-order valence-electron chi connectivity index (χ0n) is 12.5. The number of amides is 1. The standard InChI is InChI=1S/C15H24F3NO2/c1-13(5-3-2-4-6-13)11-12(20)19-9-7-14(21,8-10-19)15(16,17)18/h21H,2-11H2,1H3. The zero-order chi connectivity index (χ0) is 15.7. The molecule has 2 fully saturated rings. The second-order valence-corrected chi connectivity index (χ2v) is 6.96. The highest BCUT2D eigenvalue weighted by Crippen LogP contribution is 2.41. The number of carbonyl (C=O) groups excluding carboxylic acids is 1. The topological polar surface area (TPSA) is 40.5 Å². The number of nitrogens with zero attached hydrogens (tertiary/aromatic N) is 1. The third kappa shape index (κ3) is 3.71. The van der Waals surface area contributed by atoms with Gasteiger partial charge in [-0.2, -0.15) is 13.2 Å². The molecular formula is C15H24F3NO2. The summed E-state index contributed by atoms with van der Waals surface area (Å²) in [6, 6.07) is 0. The molecule has 1 amide bonds. The molecule has 122 valence electrons. The Balaban J connectivity index is 1.89. The lowest BCUT2D eigenvalue weighted by Crippen LogP contribution is -2.54. The SMILES string of the molecule is CC1(CC(=O)N2CCC(O)(C(F)(F)F)CC2)CCCCC1. The van der Waals surface area contributed by atoms with E-state index in [-0.39, 0.29) is 24.4 Å². The molecule has 2 rings (SSSR count). The Morgan fingerprint density at radius 1 is 1.10 bits per heavy atom. The monoisotopic (exact) mass is 307 g/mol. The van der Waals surface area contributed by atoms with Gasteiger partial charge in [0.1, 0.15) is 0 Å². The molecule has 0 aromatic carbocycles. The van der Waals surface area contributed by atoms with Crippen molar-refractivity contribution < 1.29 is 23.1 Å². The van der Waals surface area contributed by atoms with E-state index in [2.05, 4.69) is 6.92 Å². The van der Waals surface area contributed by atoms with Crippen LogP contribution in [0.2, 0.25) is 0 Å². The summed E-state index contributed by atoms with van der Waals surface area (Å²) in [6.07, 6.45) is 0.437. The van der Waals surface area contributed by atoms with Crippen LogP contribution in [0.15, 0.2) is 0 Å². The number of hydrogen-bond donors (Lipinski definition) is 1. The Kier molecular flexibility index (Phi) is 4.57. The summed E-state index contributed by atoms with van der Waals surface area (Å²) in [5.41, 5.74) is -2.63. The lowest BCUT2D eigenvalue weighted by Gasteiger charge is -2.41. The highest BCUT2D eigenvalue weighted by molar-refractivity contribution is 5.77. The normalized spacial score (nSPS) is 25.7. The van der Waals surface area contributed by atoms with Crippen molar-refractivity contribution in [3.05, 3.63) is 0 Å². The zero-order valence-corrected chi connectivity index (χ0v) is 12.5. The quantitative estimate of drug-likeness (QED) is 0.850. The number of rotatable bonds is 2. The van der Waals surface area contributed by atoms with E-state index in [0.717, 1.165) is 25.7 Å². The van der Waals surface area contributed by atoms with Crippen molar-refractivity contribution in [3.63, 3.8) is 0 Å². The van der Waals surface area contributed by atoms with Crippen LogP contribution in [0, 0.1) is 5.41 Å². The van der Waals surface area contributed by atoms with Crippen molar-refractivity contribution in [3.8, 4) is 0 Å². The van der Waals surface area contributed by atoms with Gasteiger partial charge in [-0.1, -0.05) is 26.2 Å². The van der Waals surface area contributed by atoms with Gasteiger partial charge in [-0.25, -0.2) is 0 Å². The van der Waals surface area contributed by atoms with E-state index in [0.29, 0.717) is 6.42 Å². The van der Waals surface area contributed by atoms with Crippen molar-refractivity contribution in [2.24, 2.45) is 5.41 Å². The minimum absolute atomic E-state index is 0.00683. The number of aliphatic hydroxyl groups is 1. The van der Waals surface area contributed by atoms with E-state index >= 15 is 0 Å². The number of piperidine rings is 1. The smallest absolute Gasteiger partial charge is 0.380 e. The number of hydrogen-bond acceptors (Lipinski definition) is 2. The van der Waals surface area contributed by atoms with E-state index in [4.69, 9.17) is 0 Å². The first-order valence-electron chi connectivity index (χ1n) is 7.72. The average molecular weight is 307 g/mol. The molecule has 0 aromatic heterocycles. The van der Waals surface area contributed by atoms with Crippen molar-refractivity contribution in [1.29, 1.82) is 0 Å². The van der Waals surface area contributed by atoms with Crippen LogP contribution in [0.5, 0.6) is 0 Å². The third-order valence-electron chi connectivity index (χ3n) is 5.11. The van der Waals surface area contributed by atoms with Crippen molar-refractivity contribution in [1.82, 2.24) is 4.90 Å². The summed E-state index contributed by atoms with van der Waals surface area (Å²) < 4.78 is 38.2. The predicted molar refractivity (Wildman–Crippen MR) is 72.6 cm³/mol. The van der Waals surface area contributed by atoms with Gasteiger partial charge in [0.2, 0.25) is 5.91 Å². The Labute approximate surface area is 123 Å². The van der Waals surface area contributed by atoms with Crippen LogP contribution in [-0.2, 0) is 4.79 Å². The van der Waals surface area contributed by atoms with Gasteiger partial charge in [-0.05, 0) is 18.3 Å². The summed E-state index contributed by atoms with van der Waals surface area (Å²) >= 11 is 0. The lowest BCUT2D eigenvalue weighted by molar-refractivity contribution is -0.272. The van der Waals surface area contributed by atoms with Crippen LogP contribution >= 0.6 is 0 Å². The fourth-order valence-corrected chi connectivity index (χ4v) is 3.47. The van der Waals surface area contributed by atoms with Crippen LogP contribution in [0.4, 0.5) is 13.2 Å². The fourth-order valence-electron chi connectivity index (χ4n) is 3.47. The van der Waals surface area contributed by atoms with Crippen LogP contribution in [0.25, 0.3) is 0 Å². The summed E-state index contributed by atoms with van der Waals surface area (Å²) in [5, 5.41) is 9.62. The first-order chi connectivity index (χ1) is 9.65. The summed E-state index contributed by atoms with van der Waals surface area (Å²) in [6.45, 7) is 2.08. The Morgan fingerprint density at radius 2 is 1.62 bits per heavy atom. The summed E-state index contributed by atoms with van der Waals surface area (Å²) in [7, 11) is 0. The number of likely N-dealkylation sites (tertiary alicyclic amines) is 1. The number of alkyl halides is 3. The molecule has 1 N–H and O–H groups in total. The largest absolute Gasteiger partial charge is 0.417 e. The molecule has 3 nitrogen and oxygen atoms in total. The van der Waals surface area contributed by atoms with Gasteiger partial charge in [0.05, 0.1) is 0 Å². The minimum Gasteiger partial charge on any atom is -0.380 e. The van der Waals surface area contributed by atoms with E-state index in [1.54, 1.807) is 0 Å². The maximum absolute atomic E-state index is 12.7. The molecular weight excluding hydrogens is 283 g/mol. The van der Waals surface area contributed by atoms with Crippen LogP contribution in [-0.4, -0.2) is 40.8 Å². The minimum atomic E-state index is -4.61. The third-order valence-corrected chi connectivity index (χ3v) is 5.11. The molecule has 0 unspecified atom stereocenters. The Morgan fingerprint density at radius 3 is 2.10 bits per heavy atom. The molecule has 1 saturated carbocycles. The number of halogens is 3. The fraction of sp³-hybridized carbons (Fsp3) is 0.933. The highest BCUT2D eigenvalue weighted by Gasteiger charge is 2.55. The Hall–Kier alpha value is -0.780. The van der Waals surface area contributed by atoms with E-state index in [1.165, 1.54) is 11.3 Å². The molecule has 2 aliphatic rings. The van der Waals surface area contributed by atoms with Crippen molar-refractivity contribution >= 4 is 5.91 Å². The molecule has 0 atom stereocenters. The van der Waals surface area contributed by atoms with Gasteiger partial charge < -0.3 is 10.0 Å². The molecule has 1 saturated heterocycles. The molecule has 0 spiro atoms. The highest BCUT2D eigenvalue weighted by atomic mass is 19.4. The maximum Gasteiger partial charge on any atom is 0.417 e. The van der Waals surface area contributed by atoms with Crippen LogP contribution < -0.4 is 0 Å². The molecule has 0 aromatic rings. The van der Waals surface area contributed by atoms with Crippen LogP contribution in [0.3, 0.4) is 0 Å². The predicted octanol–water partition coefficient (Wildman–Crippen LogP) is 3.26. The maximum atomic E-state index is 12.7. The molecule has 6 heteroatoms. The van der Waals surface area contributed by atoms with Gasteiger partial charge in [-0.3, -0.25) is 4.79 Å². The molecule has 0 bridgehead atoms. The summed E-state index contributed by atoms with van der Waals surface area (Å²) in [4.78, 5) is 13.8. The van der Waals surface area contributed by atoms with E-state index in [9.17, 15) is 23.1 Å². The van der Waals surface area contributed by atoms with Crippen molar-refractivity contribution in [2.75, 3.05) is 13.1 Å². The lowest BCUT2D eigenvalue weighted by atomic mass is 9.73. The molecule has 1 aliphatic carbocycles. The Bertz CT molecular complexity index is 381. The first kappa shape index (κ1) is 16.6. The second kappa shape index (κ2) is 5.78. The van der Waals surface area contributed by atoms with Gasteiger partial charge in [0.25, 0.3) is 0 Å². The van der Waals surface area contributed by atoms with Gasteiger partial charge in [0.15, 0.2) is 5.60 Å². The molecule has 21 heavy (non-hydrogen) atoms. The van der Waals surface area contributed by atoms with E-state index < -0.39 is 24.6 Å². The second-order valence-electron chi connectivity index (χ2n) is 6.96. The molecule has 1 heterocycles. The van der Waals surface area contributed by atoms with Crippen molar-refractivity contribution in [2.45, 2.75) is 70.1 Å². The van der Waals surface area contributed by atoms with E-state index in [1.807, 2.05) is 0 Å². The van der Waals surface area contributed by atoms with Gasteiger partial charge in [0, 0.05) is 32.4 Å². The first-order valence-corrected chi connectivity index (χ1v) is 7.72. The van der Waals surface area contributed by atoms with Gasteiger partial charge >= 0.3 is 6.18 Å². The average Bonchev–Trinajstić information content (AvgIpc) is 2.38. The van der Waals surface area contributed by atoms with Gasteiger partial charge in [-0.15, -0.1) is 0 Å². The number of carbonyl (C=O) groups is 1. The van der Waals surface area contributed by atoms with Crippen LogP contribution in [0.1, 0.15) is 58.3 Å².